The highest BCUT2D eigenvalue weighted by atomic mass is 15.2. The van der Waals surface area contributed by atoms with Gasteiger partial charge in [-0.05, 0) is 32.1 Å². The third-order valence-electron chi connectivity index (χ3n) is 3.56. The molecule has 1 aliphatic heterocycles. The quantitative estimate of drug-likeness (QED) is 0.855. The normalized spacial score (nSPS) is 20.8. The summed E-state index contributed by atoms with van der Waals surface area (Å²) >= 11 is 0. The summed E-state index contributed by atoms with van der Waals surface area (Å²) in [6, 6.07) is 6.62. The van der Waals surface area contributed by atoms with E-state index in [2.05, 4.69) is 31.9 Å². The number of fused-ring (bicyclic) bond motifs is 1. The number of aromatic nitrogens is 3. The van der Waals surface area contributed by atoms with Gasteiger partial charge in [0, 0.05) is 31.7 Å². The number of hydrogen-bond donors (Lipinski definition) is 1. The summed E-state index contributed by atoms with van der Waals surface area (Å²) in [6.07, 6.45) is 4.19. The van der Waals surface area contributed by atoms with Crippen LogP contribution in [0.2, 0.25) is 0 Å². The lowest BCUT2D eigenvalue weighted by atomic mass is 10.2. The number of likely N-dealkylation sites (tertiary alicyclic amines) is 1. The molecule has 1 saturated heterocycles. The van der Waals surface area contributed by atoms with Gasteiger partial charge < -0.3 is 10.2 Å². The smallest absolute Gasteiger partial charge is 0.160 e. The summed E-state index contributed by atoms with van der Waals surface area (Å²) < 4.78 is 2.06. The van der Waals surface area contributed by atoms with Gasteiger partial charge in [-0.15, -0.1) is 10.2 Å². The van der Waals surface area contributed by atoms with Crippen molar-refractivity contribution in [2.75, 3.05) is 26.7 Å². The van der Waals surface area contributed by atoms with Crippen molar-refractivity contribution in [3.8, 4) is 0 Å². The molecule has 0 aliphatic carbocycles. The van der Waals surface area contributed by atoms with Crippen molar-refractivity contribution in [1.29, 1.82) is 0 Å². The molecule has 0 amide bonds. The van der Waals surface area contributed by atoms with Crippen LogP contribution in [-0.4, -0.2) is 52.2 Å². The minimum Gasteiger partial charge on any atom is -0.312 e. The number of rotatable bonds is 4. The van der Waals surface area contributed by atoms with Crippen molar-refractivity contribution in [3.05, 3.63) is 30.2 Å². The second-order valence-corrected chi connectivity index (χ2v) is 5.00. The predicted octanol–water partition coefficient (Wildman–Crippen LogP) is 0.565. The van der Waals surface area contributed by atoms with Crippen LogP contribution in [0.15, 0.2) is 24.4 Å². The molecule has 1 N–H and O–H groups in total. The van der Waals surface area contributed by atoms with Gasteiger partial charge in [0.25, 0.3) is 0 Å². The third kappa shape index (κ3) is 2.37. The average Bonchev–Trinajstić information content (AvgIpc) is 2.97. The Bertz CT molecular complexity index is 521. The maximum Gasteiger partial charge on any atom is 0.160 e. The molecular formula is C13H19N5. The fourth-order valence-electron chi connectivity index (χ4n) is 2.55. The van der Waals surface area contributed by atoms with E-state index in [9.17, 15) is 0 Å². The Balaban J connectivity index is 1.57. The van der Waals surface area contributed by atoms with Gasteiger partial charge in [-0.1, -0.05) is 6.07 Å². The lowest BCUT2D eigenvalue weighted by Gasteiger charge is -2.11. The Morgan fingerprint density at radius 1 is 1.39 bits per heavy atom. The Morgan fingerprint density at radius 2 is 2.33 bits per heavy atom. The molecule has 0 radical (unpaired) electrons. The van der Waals surface area contributed by atoms with Gasteiger partial charge in [0.05, 0.1) is 0 Å². The first-order chi connectivity index (χ1) is 8.83. The van der Waals surface area contributed by atoms with Crippen LogP contribution in [0.3, 0.4) is 0 Å². The zero-order valence-electron chi connectivity index (χ0n) is 10.7. The maximum atomic E-state index is 4.24. The van der Waals surface area contributed by atoms with Crippen molar-refractivity contribution < 1.29 is 0 Å². The Hall–Kier alpha value is -1.46. The predicted molar refractivity (Wildman–Crippen MR) is 70.6 cm³/mol. The van der Waals surface area contributed by atoms with E-state index in [-0.39, 0.29) is 0 Å². The van der Waals surface area contributed by atoms with Gasteiger partial charge in [0.15, 0.2) is 5.65 Å². The van der Waals surface area contributed by atoms with Crippen molar-refractivity contribution in [1.82, 2.24) is 24.8 Å². The molecule has 3 heterocycles. The fraction of sp³-hybridized carbons (Fsp3) is 0.538. The van der Waals surface area contributed by atoms with E-state index in [1.165, 1.54) is 13.0 Å². The molecule has 1 atom stereocenters. The van der Waals surface area contributed by atoms with E-state index in [0.29, 0.717) is 6.04 Å². The van der Waals surface area contributed by atoms with E-state index in [1.54, 1.807) is 0 Å². The zero-order chi connectivity index (χ0) is 12.4. The van der Waals surface area contributed by atoms with Crippen LogP contribution in [-0.2, 0) is 6.42 Å². The molecule has 1 aliphatic rings. The molecular weight excluding hydrogens is 226 g/mol. The highest BCUT2D eigenvalue weighted by Gasteiger charge is 2.18. The lowest BCUT2D eigenvalue weighted by molar-refractivity contribution is 0.398. The SMILES string of the molecule is CN1CCC(NCCc2nnc3ccccn23)C1. The van der Waals surface area contributed by atoms with Crippen LogP contribution in [0.25, 0.3) is 5.65 Å². The molecule has 3 rings (SSSR count). The Labute approximate surface area is 107 Å². The van der Waals surface area contributed by atoms with E-state index in [0.717, 1.165) is 31.0 Å². The Morgan fingerprint density at radius 3 is 3.17 bits per heavy atom. The summed E-state index contributed by atoms with van der Waals surface area (Å²) in [5, 5.41) is 12.0. The summed E-state index contributed by atoms with van der Waals surface area (Å²) in [7, 11) is 2.17. The van der Waals surface area contributed by atoms with Crippen LogP contribution in [0, 0.1) is 0 Å². The monoisotopic (exact) mass is 245 g/mol. The number of nitrogens with zero attached hydrogens (tertiary/aromatic N) is 4. The first kappa shape index (κ1) is 11.6. The van der Waals surface area contributed by atoms with Crippen molar-refractivity contribution in [3.63, 3.8) is 0 Å². The molecule has 1 fully saturated rings. The molecule has 18 heavy (non-hydrogen) atoms. The maximum absolute atomic E-state index is 4.24. The van der Waals surface area contributed by atoms with E-state index < -0.39 is 0 Å². The molecule has 5 heteroatoms. The van der Waals surface area contributed by atoms with Crippen molar-refractivity contribution in [2.24, 2.45) is 0 Å². The summed E-state index contributed by atoms with van der Waals surface area (Å²) in [6.45, 7) is 3.32. The Kier molecular flexibility index (Phi) is 3.25. The second-order valence-electron chi connectivity index (χ2n) is 5.00. The van der Waals surface area contributed by atoms with Crippen LogP contribution in [0.5, 0.6) is 0 Å². The molecule has 96 valence electrons. The molecule has 2 aromatic heterocycles. The first-order valence-corrected chi connectivity index (χ1v) is 6.53. The lowest BCUT2D eigenvalue weighted by Crippen LogP contribution is -2.33. The van der Waals surface area contributed by atoms with Crippen LogP contribution >= 0.6 is 0 Å². The molecule has 0 aromatic carbocycles. The van der Waals surface area contributed by atoms with E-state index in [1.807, 2.05) is 24.4 Å². The molecule has 0 bridgehead atoms. The first-order valence-electron chi connectivity index (χ1n) is 6.53. The third-order valence-corrected chi connectivity index (χ3v) is 3.56. The molecule has 0 spiro atoms. The average molecular weight is 245 g/mol. The molecule has 5 nitrogen and oxygen atoms in total. The van der Waals surface area contributed by atoms with Gasteiger partial charge in [-0.25, -0.2) is 0 Å². The van der Waals surface area contributed by atoms with Gasteiger partial charge >= 0.3 is 0 Å². The number of pyridine rings is 1. The van der Waals surface area contributed by atoms with Crippen LogP contribution in [0.4, 0.5) is 0 Å². The van der Waals surface area contributed by atoms with Gasteiger partial charge in [-0.2, -0.15) is 0 Å². The van der Waals surface area contributed by atoms with Crippen molar-refractivity contribution in [2.45, 2.75) is 18.9 Å². The summed E-state index contributed by atoms with van der Waals surface area (Å²) in [4.78, 5) is 2.37. The topological polar surface area (TPSA) is 45.5 Å². The number of nitrogens with one attached hydrogen (secondary N) is 1. The largest absolute Gasteiger partial charge is 0.312 e. The van der Waals surface area contributed by atoms with Crippen LogP contribution < -0.4 is 5.32 Å². The molecule has 1 unspecified atom stereocenters. The van der Waals surface area contributed by atoms with Crippen molar-refractivity contribution >= 4 is 5.65 Å². The van der Waals surface area contributed by atoms with E-state index in [4.69, 9.17) is 0 Å². The highest BCUT2D eigenvalue weighted by Crippen LogP contribution is 2.07. The number of likely N-dealkylation sites (N-methyl/N-ethyl adjacent to an activating group) is 1. The minimum absolute atomic E-state index is 0.634. The van der Waals surface area contributed by atoms with Crippen LogP contribution in [0.1, 0.15) is 12.2 Å². The summed E-state index contributed by atoms with van der Waals surface area (Å²) in [5.74, 6) is 1.03. The van der Waals surface area contributed by atoms with E-state index >= 15 is 0 Å². The molecule has 2 aromatic rings. The van der Waals surface area contributed by atoms with Gasteiger partial charge in [0.2, 0.25) is 0 Å². The standard InChI is InChI=1S/C13H19N5/c1-17-9-6-11(10-17)14-7-5-13-16-15-12-4-2-3-8-18(12)13/h2-4,8,11,14H,5-7,9-10H2,1H3. The van der Waals surface area contributed by atoms with Gasteiger partial charge in [-0.3, -0.25) is 4.40 Å². The second kappa shape index (κ2) is 5.04. The molecule has 0 saturated carbocycles. The highest BCUT2D eigenvalue weighted by molar-refractivity contribution is 5.36. The minimum atomic E-state index is 0.634. The van der Waals surface area contributed by atoms with Gasteiger partial charge in [0.1, 0.15) is 5.82 Å². The fourth-order valence-corrected chi connectivity index (χ4v) is 2.55. The zero-order valence-corrected chi connectivity index (χ0v) is 10.7. The summed E-state index contributed by atoms with van der Waals surface area (Å²) in [5.41, 5.74) is 0.924. The number of hydrogen-bond acceptors (Lipinski definition) is 4.